The van der Waals surface area contributed by atoms with Gasteiger partial charge >= 0.3 is 0 Å². The Morgan fingerprint density at radius 1 is 1.19 bits per heavy atom. The van der Waals surface area contributed by atoms with Gasteiger partial charge in [-0.1, -0.05) is 15.9 Å². The van der Waals surface area contributed by atoms with Crippen molar-refractivity contribution in [3.05, 3.63) is 67.2 Å². The van der Waals surface area contributed by atoms with Crippen LogP contribution in [0.25, 0.3) is 10.9 Å². The maximum atomic E-state index is 12.2. The first-order chi connectivity index (χ1) is 12.7. The van der Waals surface area contributed by atoms with Crippen LogP contribution >= 0.6 is 15.9 Å². The molecule has 0 saturated carbocycles. The molecule has 27 heavy (non-hydrogen) atoms. The van der Waals surface area contributed by atoms with E-state index >= 15 is 0 Å². The summed E-state index contributed by atoms with van der Waals surface area (Å²) < 4.78 is 3.12. The molecule has 1 atom stereocenters. The van der Waals surface area contributed by atoms with E-state index in [2.05, 4.69) is 63.8 Å². The first-order valence-electron chi connectivity index (χ1n) is 9.10. The standard InChI is InChI=1S/C21H26BrN3O2/c1-11(2)25-10-13(4)19-16(7-15(22)8-18(19)25)20(26)23-9-17-12(3)6-14(5)24-21(17)27/h6-8,10-11,20,23,26H,9H2,1-5H3,(H,24,27). The number of aromatic amines is 1. The second kappa shape index (κ2) is 7.62. The highest BCUT2D eigenvalue weighted by molar-refractivity contribution is 9.10. The Hall–Kier alpha value is -1.89. The maximum Gasteiger partial charge on any atom is 0.252 e. The summed E-state index contributed by atoms with van der Waals surface area (Å²) in [5, 5.41) is 15.0. The number of aryl methyl sites for hydroxylation is 3. The first-order valence-corrected chi connectivity index (χ1v) is 9.89. The molecule has 0 aliphatic heterocycles. The Morgan fingerprint density at radius 3 is 2.52 bits per heavy atom. The van der Waals surface area contributed by atoms with Crippen molar-refractivity contribution in [2.24, 2.45) is 0 Å². The van der Waals surface area contributed by atoms with Crippen molar-refractivity contribution >= 4 is 26.8 Å². The molecule has 2 aromatic heterocycles. The van der Waals surface area contributed by atoms with Crippen molar-refractivity contribution in [3.8, 4) is 0 Å². The number of aromatic nitrogens is 2. The van der Waals surface area contributed by atoms with Crippen molar-refractivity contribution in [2.75, 3.05) is 0 Å². The van der Waals surface area contributed by atoms with Gasteiger partial charge in [-0.15, -0.1) is 0 Å². The average Bonchev–Trinajstić information content (AvgIpc) is 2.89. The highest BCUT2D eigenvalue weighted by Gasteiger charge is 2.18. The van der Waals surface area contributed by atoms with Crippen molar-refractivity contribution in [2.45, 2.75) is 53.4 Å². The lowest BCUT2D eigenvalue weighted by molar-refractivity contribution is 0.138. The number of aliphatic hydroxyl groups excluding tert-OH is 1. The lowest BCUT2D eigenvalue weighted by atomic mass is 10.0. The fraction of sp³-hybridized carbons (Fsp3) is 0.381. The van der Waals surface area contributed by atoms with Crippen LogP contribution in [0, 0.1) is 20.8 Å². The summed E-state index contributed by atoms with van der Waals surface area (Å²) in [4.78, 5) is 15.0. The summed E-state index contributed by atoms with van der Waals surface area (Å²) in [6.45, 7) is 10.4. The van der Waals surface area contributed by atoms with Crippen LogP contribution in [0.4, 0.5) is 0 Å². The Morgan fingerprint density at radius 2 is 1.89 bits per heavy atom. The molecule has 0 amide bonds. The third kappa shape index (κ3) is 3.88. The third-order valence-corrected chi connectivity index (χ3v) is 5.39. The van der Waals surface area contributed by atoms with Crippen LogP contribution in [0.1, 0.15) is 54.1 Å². The predicted molar refractivity (Wildman–Crippen MR) is 113 cm³/mol. The fourth-order valence-corrected chi connectivity index (χ4v) is 4.11. The number of hydrogen-bond donors (Lipinski definition) is 3. The van der Waals surface area contributed by atoms with Crippen LogP contribution in [0.2, 0.25) is 0 Å². The van der Waals surface area contributed by atoms with Crippen molar-refractivity contribution in [3.63, 3.8) is 0 Å². The minimum Gasteiger partial charge on any atom is -0.374 e. The zero-order valence-electron chi connectivity index (χ0n) is 16.4. The molecule has 0 radical (unpaired) electrons. The number of halogens is 1. The molecule has 3 N–H and O–H groups in total. The smallest absolute Gasteiger partial charge is 0.252 e. The number of nitrogens with zero attached hydrogens (tertiary/aromatic N) is 1. The second-order valence-corrected chi connectivity index (χ2v) is 8.34. The molecule has 1 unspecified atom stereocenters. The van der Waals surface area contributed by atoms with Crippen molar-refractivity contribution in [1.82, 2.24) is 14.9 Å². The lowest BCUT2D eigenvalue weighted by Crippen LogP contribution is -2.26. The largest absolute Gasteiger partial charge is 0.374 e. The fourth-order valence-electron chi connectivity index (χ4n) is 3.64. The van der Waals surface area contributed by atoms with E-state index in [0.29, 0.717) is 18.2 Å². The SMILES string of the molecule is Cc1cc(C)c(CNC(O)c2cc(Br)cc3c2c(C)cn3C(C)C)c(=O)[nH]1. The topological polar surface area (TPSA) is 70.0 Å². The zero-order chi connectivity index (χ0) is 19.9. The Bertz CT molecular complexity index is 1050. The molecular formula is C21H26BrN3O2. The van der Waals surface area contributed by atoms with Gasteiger partial charge in [-0.05, 0) is 63.9 Å². The van der Waals surface area contributed by atoms with Crippen LogP contribution in [-0.4, -0.2) is 14.7 Å². The number of hydrogen-bond acceptors (Lipinski definition) is 3. The Kier molecular flexibility index (Phi) is 5.60. The quantitative estimate of drug-likeness (QED) is 0.524. The maximum absolute atomic E-state index is 12.2. The average molecular weight is 432 g/mol. The van der Waals surface area contributed by atoms with E-state index in [-0.39, 0.29) is 5.56 Å². The van der Waals surface area contributed by atoms with Gasteiger partial charge in [-0.2, -0.15) is 0 Å². The van der Waals surface area contributed by atoms with Gasteiger partial charge in [0.2, 0.25) is 0 Å². The first kappa shape index (κ1) is 19.9. The predicted octanol–water partition coefficient (Wildman–Crippen LogP) is 4.38. The van der Waals surface area contributed by atoms with Crippen molar-refractivity contribution < 1.29 is 5.11 Å². The summed E-state index contributed by atoms with van der Waals surface area (Å²) in [6.07, 6.45) is 1.24. The molecular weight excluding hydrogens is 406 g/mol. The van der Waals surface area contributed by atoms with Crippen LogP contribution in [0.3, 0.4) is 0 Å². The Labute approximate surface area is 167 Å². The van der Waals surface area contributed by atoms with Crippen LogP contribution in [0.5, 0.6) is 0 Å². The van der Waals surface area contributed by atoms with E-state index in [9.17, 15) is 9.90 Å². The van der Waals surface area contributed by atoms with Gasteiger partial charge in [-0.25, -0.2) is 0 Å². The van der Waals surface area contributed by atoms with Crippen molar-refractivity contribution in [1.29, 1.82) is 0 Å². The van der Waals surface area contributed by atoms with Crippen LogP contribution in [-0.2, 0) is 6.54 Å². The summed E-state index contributed by atoms with van der Waals surface area (Å²) >= 11 is 3.56. The van der Waals surface area contributed by atoms with Gasteiger partial charge < -0.3 is 14.7 Å². The van der Waals surface area contributed by atoms with E-state index in [1.165, 1.54) is 0 Å². The summed E-state index contributed by atoms with van der Waals surface area (Å²) in [6, 6.07) is 6.27. The number of fused-ring (bicyclic) bond motifs is 1. The molecule has 3 aromatic rings. The molecule has 2 heterocycles. The number of rotatable bonds is 5. The lowest BCUT2D eigenvalue weighted by Gasteiger charge is -2.17. The summed E-state index contributed by atoms with van der Waals surface area (Å²) in [5.41, 5.74) is 5.27. The molecule has 144 valence electrons. The summed E-state index contributed by atoms with van der Waals surface area (Å²) in [5.74, 6) is 0. The molecule has 3 rings (SSSR count). The molecule has 5 nitrogen and oxygen atoms in total. The molecule has 0 spiro atoms. The van der Waals surface area contributed by atoms with Gasteiger partial charge in [0.05, 0.1) is 5.52 Å². The Balaban J connectivity index is 1.97. The number of H-pyrrole nitrogens is 1. The van der Waals surface area contributed by atoms with E-state index in [1.807, 2.05) is 26.0 Å². The number of pyridine rings is 1. The highest BCUT2D eigenvalue weighted by atomic mass is 79.9. The molecule has 0 aliphatic carbocycles. The number of nitrogens with one attached hydrogen (secondary N) is 2. The molecule has 0 fully saturated rings. The number of benzene rings is 1. The highest BCUT2D eigenvalue weighted by Crippen LogP contribution is 2.33. The minimum atomic E-state index is -0.883. The van der Waals surface area contributed by atoms with Gasteiger partial charge in [0.25, 0.3) is 5.56 Å². The summed E-state index contributed by atoms with van der Waals surface area (Å²) in [7, 11) is 0. The van der Waals surface area contributed by atoms with Gasteiger partial charge in [0.15, 0.2) is 0 Å². The molecule has 0 bridgehead atoms. The van der Waals surface area contributed by atoms with Crippen LogP contribution in [0.15, 0.2) is 33.7 Å². The van der Waals surface area contributed by atoms with E-state index in [0.717, 1.165) is 37.8 Å². The van der Waals surface area contributed by atoms with Crippen LogP contribution < -0.4 is 10.9 Å². The third-order valence-electron chi connectivity index (χ3n) is 4.93. The number of aliphatic hydroxyl groups is 1. The van der Waals surface area contributed by atoms with Gasteiger partial charge in [0.1, 0.15) is 6.23 Å². The van der Waals surface area contributed by atoms with Gasteiger partial charge in [-0.3, -0.25) is 10.1 Å². The normalized spacial score (nSPS) is 12.9. The van der Waals surface area contributed by atoms with E-state index in [1.54, 1.807) is 0 Å². The minimum absolute atomic E-state index is 0.117. The molecule has 0 aliphatic rings. The molecule has 0 saturated heterocycles. The molecule has 6 heteroatoms. The van der Waals surface area contributed by atoms with E-state index in [4.69, 9.17) is 0 Å². The molecule has 1 aromatic carbocycles. The van der Waals surface area contributed by atoms with Gasteiger partial charge in [0, 0.05) is 45.5 Å². The van der Waals surface area contributed by atoms with E-state index < -0.39 is 6.23 Å². The zero-order valence-corrected chi connectivity index (χ0v) is 17.9. The monoisotopic (exact) mass is 431 g/mol. The second-order valence-electron chi connectivity index (χ2n) is 7.43.